The first-order valence-electron chi connectivity index (χ1n) is 32.2. The molecule has 96 heavy (non-hydrogen) atoms. The van der Waals surface area contributed by atoms with E-state index in [2.05, 4.69) is 37.2 Å². The van der Waals surface area contributed by atoms with Gasteiger partial charge in [-0.05, 0) is 20.8 Å². The maximum Gasteiger partial charge on any atom is 0.222 e. The van der Waals surface area contributed by atoms with E-state index in [1.165, 1.54) is 20.8 Å². The molecule has 0 aromatic heterocycles. The van der Waals surface area contributed by atoms with E-state index in [0.717, 1.165) is 0 Å². The lowest BCUT2D eigenvalue weighted by molar-refractivity contribution is -0.272. The Morgan fingerprint density at radius 2 is 0.604 bits per heavy atom. The van der Waals surface area contributed by atoms with Gasteiger partial charge >= 0.3 is 0 Å². The maximum absolute atomic E-state index is 12.8. The first kappa shape index (κ1) is 86.0. The van der Waals surface area contributed by atoms with Crippen molar-refractivity contribution in [3.8, 4) is 0 Å². The van der Waals surface area contributed by atoms with Crippen molar-refractivity contribution in [2.24, 2.45) is 0 Å². The number of rotatable bonds is 52. The van der Waals surface area contributed by atoms with Crippen LogP contribution in [0.1, 0.15) is 60.8 Å². The Morgan fingerprint density at radius 1 is 0.354 bits per heavy atom. The van der Waals surface area contributed by atoms with Gasteiger partial charge in [0.2, 0.25) is 35.4 Å². The Morgan fingerprint density at radius 3 is 0.844 bits per heavy atom. The van der Waals surface area contributed by atoms with Crippen molar-refractivity contribution in [3.63, 3.8) is 0 Å². The largest absolute Gasteiger partial charge is 0.394 e. The van der Waals surface area contributed by atoms with Gasteiger partial charge in [0, 0.05) is 65.2 Å². The van der Waals surface area contributed by atoms with Gasteiger partial charge in [-0.25, -0.2) is 0 Å². The normalized spacial score (nSPS) is 26.2. The Balaban J connectivity index is 1.40. The molecule has 0 spiro atoms. The molecule has 0 aromatic carbocycles. The lowest BCUT2D eigenvalue weighted by Gasteiger charge is -2.42. The van der Waals surface area contributed by atoms with E-state index in [9.17, 15) is 74.7 Å². The second-order valence-electron chi connectivity index (χ2n) is 23.7. The third kappa shape index (κ3) is 34.7. The fourth-order valence-electron chi connectivity index (χ4n) is 9.85. The van der Waals surface area contributed by atoms with Crippen molar-refractivity contribution >= 4 is 35.4 Å². The van der Waals surface area contributed by atoms with Gasteiger partial charge in [0.05, 0.1) is 164 Å². The van der Waals surface area contributed by atoms with E-state index >= 15 is 0 Å². The van der Waals surface area contributed by atoms with Crippen LogP contribution in [0.3, 0.4) is 0 Å². The van der Waals surface area contributed by atoms with Crippen molar-refractivity contribution in [2.45, 2.75) is 164 Å². The number of hydrogen-bond donors (Lipinski definition) is 16. The van der Waals surface area contributed by atoms with E-state index in [1.54, 1.807) is 0 Å². The van der Waals surface area contributed by atoms with Gasteiger partial charge in [-0.2, -0.15) is 0 Å². The Hall–Kier alpha value is -4.18. The lowest BCUT2D eigenvalue weighted by Crippen LogP contribution is -2.64. The lowest BCUT2D eigenvalue weighted by atomic mass is 9.97. The summed E-state index contributed by atoms with van der Waals surface area (Å²) in [5, 5.41) is 110. The Labute approximate surface area is 559 Å². The third-order valence-corrected chi connectivity index (χ3v) is 14.3. The van der Waals surface area contributed by atoms with Crippen molar-refractivity contribution in [2.75, 3.05) is 178 Å². The zero-order chi connectivity index (χ0) is 70.9. The van der Waals surface area contributed by atoms with E-state index in [4.69, 9.17) is 71.1 Å². The summed E-state index contributed by atoms with van der Waals surface area (Å²) in [7, 11) is 0. The van der Waals surface area contributed by atoms with Gasteiger partial charge in [0.1, 0.15) is 73.1 Å². The van der Waals surface area contributed by atoms with Crippen LogP contribution in [-0.4, -0.2) is 363 Å². The highest BCUT2D eigenvalue weighted by Gasteiger charge is 2.48. The Bertz CT molecular complexity index is 1950. The molecule has 0 aliphatic carbocycles. The van der Waals surface area contributed by atoms with Crippen molar-refractivity contribution in [1.29, 1.82) is 0 Å². The van der Waals surface area contributed by atoms with Gasteiger partial charge < -0.3 is 154 Å². The first-order valence-corrected chi connectivity index (χ1v) is 32.2. The highest BCUT2D eigenvalue weighted by molar-refractivity contribution is 5.77. The van der Waals surface area contributed by atoms with Crippen LogP contribution in [0.15, 0.2) is 0 Å². The van der Waals surface area contributed by atoms with Crippen LogP contribution in [0.5, 0.6) is 0 Å². The fourth-order valence-corrected chi connectivity index (χ4v) is 9.85. The molecule has 37 heteroatoms. The van der Waals surface area contributed by atoms with E-state index in [0.29, 0.717) is 0 Å². The second kappa shape index (κ2) is 48.6. The number of nitrogens with one attached hydrogen (secondary N) is 7. The average Bonchev–Trinajstić information content (AvgIpc) is 0.856. The maximum atomic E-state index is 12.8. The summed E-state index contributed by atoms with van der Waals surface area (Å²) >= 11 is 0. The summed E-state index contributed by atoms with van der Waals surface area (Å²) in [4.78, 5) is 73.4. The molecule has 15 atom stereocenters. The molecular formula is C59H109N7O30. The highest BCUT2D eigenvalue weighted by Crippen LogP contribution is 2.25. The number of carbonyl (C=O) groups is 6. The van der Waals surface area contributed by atoms with Gasteiger partial charge in [0.25, 0.3) is 0 Å². The number of ether oxygens (including phenoxy) is 15. The van der Waals surface area contributed by atoms with E-state index < -0.39 is 141 Å². The van der Waals surface area contributed by atoms with Gasteiger partial charge in [-0.1, -0.05) is 0 Å². The number of aliphatic hydroxyl groups excluding tert-OH is 9. The molecule has 3 saturated heterocycles. The topological polar surface area (TPSA) is 507 Å². The van der Waals surface area contributed by atoms with Crippen molar-refractivity contribution in [3.05, 3.63) is 0 Å². The molecule has 0 radical (unpaired) electrons. The summed E-state index contributed by atoms with van der Waals surface area (Å²) in [5.41, 5.74) is -1.57. The second-order valence-corrected chi connectivity index (χ2v) is 23.7. The predicted molar refractivity (Wildman–Crippen MR) is 330 cm³/mol. The Kier molecular flexibility index (Phi) is 43.5. The highest BCUT2D eigenvalue weighted by atomic mass is 16.7. The van der Waals surface area contributed by atoms with Crippen LogP contribution in [0.4, 0.5) is 0 Å². The minimum Gasteiger partial charge on any atom is -0.394 e. The van der Waals surface area contributed by atoms with Crippen LogP contribution in [-0.2, 0) is 99.8 Å². The summed E-state index contributed by atoms with van der Waals surface area (Å²) in [6, 6.07) is -3.24. The number of amides is 6. The van der Waals surface area contributed by atoms with E-state index in [-0.39, 0.29) is 195 Å². The summed E-state index contributed by atoms with van der Waals surface area (Å²) in [6.45, 7) is 10.2. The SMILES string of the molecule is CC(=O)N[C@H]1[C@H](OCCOCCOCCNC(=O)CCOCC(COCCC(=O)NCCOCCOCCO[C@@H]2O[C@H](CO)[C@H](O)[C@H](O)[C@H]2NC(C)=O)(COCCC(=O)NCCOCCOCCO[C@@H]2O[C@H](CO)[C@H](O)[C@H](O)[C@H]2NC(C)=O)NC(C)(C)C)O[C@H](CO)[C@H](O)[C@@H]1O. The zero-order valence-corrected chi connectivity index (χ0v) is 56.0. The molecule has 560 valence electrons. The summed E-state index contributed by atoms with van der Waals surface area (Å²) < 4.78 is 84.9. The molecule has 37 nitrogen and oxygen atoms in total. The minimum absolute atomic E-state index is 0.00679. The average molecular weight is 1400 g/mol. The number of carbonyl (C=O) groups excluding carboxylic acids is 6. The molecule has 3 heterocycles. The third-order valence-electron chi connectivity index (χ3n) is 14.3. The van der Waals surface area contributed by atoms with Crippen LogP contribution >= 0.6 is 0 Å². The molecule has 6 amide bonds. The van der Waals surface area contributed by atoms with E-state index in [1.807, 2.05) is 20.8 Å². The smallest absolute Gasteiger partial charge is 0.222 e. The summed E-state index contributed by atoms with van der Waals surface area (Å²) in [5.74, 6) is -2.36. The molecular weight excluding hydrogens is 1290 g/mol. The minimum atomic E-state index is -1.44. The quantitative estimate of drug-likeness (QED) is 0.0252. The van der Waals surface area contributed by atoms with Crippen LogP contribution < -0.4 is 37.2 Å². The van der Waals surface area contributed by atoms with Crippen LogP contribution in [0, 0.1) is 0 Å². The monoisotopic (exact) mass is 1400 g/mol. The molecule has 3 rings (SSSR count). The summed E-state index contributed by atoms with van der Waals surface area (Å²) in [6.07, 6.45) is -15.5. The molecule has 0 saturated carbocycles. The van der Waals surface area contributed by atoms with Gasteiger partial charge in [-0.3, -0.25) is 28.8 Å². The molecule has 0 unspecified atom stereocenters. The van der Waals surface area contributed by atoms with Crippen molar-refractivity contribution < 1.29 is 146 Å². The van der Waals surface area contributed by atoms with Gasteiger partial charge in [0.15, 0.2) is 18.9 Å². The fraction of sp³-hybridized carbons (Fsp3) is 0.898. The van der Waals surface area contributed by atoms with Crippen molar-refractivity contribution in [1.82, 2.24) is 37.2 Å². The van der Waals surface area contributed by atoms with Crippen LogP contribution in [0.25, 0.3) is 0 Å². The zero-order valence-electron chi connectivity index (χ0n) is 56.0. The molecule has 16 N–H and O–H groups in total. The predicted octanol–water partition coefficient (Wildman–Crippen LogP) is -8.34. The standard InChI is InChI=1S/C59H109N7O30/c1-37(70)63-46-52(79)49(76)40(31-67)94-55(46)91-28-25-85-22-19-82-16-10-60-43(73)7-13-88-34-59(66-58(4,5)6,35-89-14-8-44(74)61-11-17-83-20-23-86-26-29-92-56-47(64-38(2)71)53(80)50(77)41(32-68)95-56)36-90-15-9-45(75)62-12-18-84-21-24-87-27-30-93-57-48(65-39(3)72)54(81)51(78)42(33-69)96-57/h40-42,46-57,66-69,76-81H,7-36H2,1-6H3,(H,60,73)(H,61,74)(H,62,75)(H,63,70)(H,64,71)(H,65,72)/t40-,41-,42-,46-,47-,48-,49+,50+,51+,52-,53-,54-,55-,56-,57-/m1/s1. The molecule has 3 aliphatic heterocycles. The molecule has 3 fully saturated rings. The number of aliphatic hydroxyl groups is 9. The molecule has 0 bridgehead atoms. The van der Waals surface area contributed by atoms with Gasteiger partial charge in [-0.15, -0.1) is 0 Å². The molecule has 3 aliphatic rings. The number of hydrogen-bond acceptors (Lipinski definition) is 31. The first-order chi connectivity index (χ1) is 45.8. The van der Waals surface area contributed by atoms with Crippen LogP contribution in [0.2, 0.25) is 0 Å². The molecule has 0 aromatic rings.